The fraction of sp³-hybridized carbons (Fsp3) is 0.889. The minimum atomic E-state index is -2.94. The number of nitrogens with zero attached hydrogens (tertiary/aromatic N) is 1. The first kappa shape index (κ1) is 14.4. The van der Waals surface area contributed by atoms with Crippen LogP contribution < -0.4 is 5.32 Å². The second kappa shape index (κ2) is 6.79. The topological polar surface area (TPSA) is 66.5 Å². The Labute approximate surface area is 91.8 Å². The summed E-state index contributed by atoms with van der Waals surface area (Å²) in [5.41, 5.74) is 0. The number of nitrogens with one attached hydrogen (secondary N) is 1. The third-order valence-corrected chi connectivity index (χ3v) is 3.74. The van der Waals surface area contributed by atoms with Gasteiger partial charge in [0.2, 0.25) is 5.91 Å². The smallest absolute Gasteiger partial charge is 0.236 e. The van der Waals surface area contributed by atoms with Gasteiger partial charge in [0.15, 0.2) is 9.84 Å². The normalized spacial score (nSPS) is 11.4. The molecule has 0 fully saturated rings. The molecule has 5 nitrogen and oxygen atoms in total. The van der Waals surface area contributed by atoms with Crippen molar-refractivity contribution in [2.45, 2.75) is 13.3 Å². The van der Waals surface area contributed by atoms with E-state index in [4.69, 9.17) is 0 Å². The summed E-state index contributed by atoms with van der Waals surface area (Å²) in [5, 5.41) is 2.81. The van der Waals surface area contributed by atoms with Crippen LogP contribution in [0.25, 0.3) is 0 Å². The minimum Gasteiger partial charge on any atom is -0.348 e. The monoisotopic (exact) mass is 236 g/mol. The molecule has 0 spiro atoms. The molecule has 0 rings (SSSR count). The second-order valence-electron chi connectivity index (χ2n) is 3.62. The summed E-state index contributed by atoms with van der Waals surface area (Å²) >= 11 is 0. The molecule has 1 N–H and O–H groups in total. The number of hydrogen-bond donors (Lipinski definition) is 1. The molecule has 0 aromatic carbocycles. The van der Waals surface area contributed by atoms with E-state index in [0.717, 1.165) is 0 Å². The number of rotatable bonds is 7. The first-order valence-electron chi connectivity index (χ1n) is 5.00. The van der Waals surface area contributed by atoms with E-state index in [1.54, 1.807) is 14.1 Å². The van der Waals surface area contributed by atoms with Crippen molar-refractivity contribution < 1.29 is 13.2 Å². The molecule has 0 aliphatic rings. The molecule has 0 aliphatic carbocycles. The summed E-state index contributed by atoms with van der Waals surface area (Å²) in [6.07, 6.45) is 0.638. The lowest BCUT2D eigenvalue weighted by Gasteiger charge is -2.10. The zero-order valence-corrected chi connectivity index (χ0v) is 10.4. The summed E-state index contributed by atoms with van der Waals surface area (Å²) in [4.78, 5) is 12.6. The maximum atomic E-state index is 11.3. The highest BCUT2D eigenvalue weighted by atomic mass is 32.2. The van der Waals surface area contributed by atoms with Gasteiger partial charge in [-0.05, 0) is 6.42 Å². The molecule has 15 heavy (non-hydrogen) atoms. The van der Waals surface area contributed by atoms with E-state index >= 15 is 0 Å². The molecule has 0 bridgehead atoms. The van der Waals surface area contributed by atoms with Gasteiger partial charge in [0.1, 0.15) is 0 Å². The van der Waals surface area contributed by atoms with Crippen LogP contribution in [0, 0.1) is 0 Å². The van der Waals surface area contributed by atoms with Crippen molar-refractivity contribution in [1.82, 2.24) is 10.2 Å². The highest BCUT2D eigenvalue weighted by molar-refractivity contribution is 7.91. The standard InChI is InChI=1S/C9H20N2O3S/c1-4-6-15(13,14)7-5-10-8-9(12)11(2)3/h10H,4-8H2,1-3H3. The van der Waals surface area contributed by atoms with Gasteiger partial charge in [0, 0.05) is 26.4 Å². The summed E-state index contributed by atoms with van der Waals surface area (Å²) < 4.78 is 22.5. The van der Waals surface area contributed by atoms with Crippen molar-refractivity contribution in [2.24, 2.45) is 0 Å². The third-order valence-electron chi connectivity index (χ3n) is 1.88. The average molecular weight is 236 g/mol. The Bertz CT molecular complexity index is 286. The molecule has 0 aliphatic heterocycles. The van der Waals surface area contributed by atoms with Gasteiger partial charge in [-0.3, -0.25) is 4.79 Å². The zero-order chi connectivity index (χ0) is 11.9. The molecule has 1 amide bonds. The van der Waals surface area contributed by atoms with Crippen molar-refractivity contribution in [3.05, 3.63) is 0 Å². The van der Waals surface area contributed by atoms with E-state index < -0.39 is 9.84 Å². The molecule has 0 unspecified atom stereocenters. The summed E-state index contributed by atoms with van der Waals surface area (Å²) in [7, 11) is 0.392. The fourth-order valence-electron chi connectivity index (χ4n) is 0.994. The number of carbonyl (C=O) groups is 1. The van der Waals surface area contributed by atoms with Crippen LogP contribution in [0.4, 0.5) is 0 Å². The predicted molar refractivity (Wildman–Crippen MR) is 60.5 cm³/mol. The van der Waals surface area contributed by atoms with Gasteiger partial charge in [0.05, 0.1) is 12.3 Å². The van der Waals surface area contributed by atoms with Crippen molar-refractivity contribution in [2.75, 3.05) is 38.7 Å². The Kier molecular flexibility index (Phi) is 6.51. The molecule has 0 saturated carbocycles. The Balaban J connectivity index is 3.68. The van der Waals surface area contributed by atoms with Crippen LogP contribution in [-0.4, -0.2) is 57.9 Å². The van der Waals surface area contributed by atoms with Crippen LogP contribution in [0.15, 0.2) is 0 Å². The molecule has 90 valence electrons. The molecule has 6 heteroatoms. The van der Waals surface area contributed by atoms with Crippen molar-refractivity contribution in [3.63, 3.8) is 0 Å². The molecule has 0 aromatic rings. The Morgan fingerprint density at radius 2 is 1.87 bits per heavy atom. The number of amides is 1. The van der Waals surface area contributed by atoms with Gasteiger partial charge in [-0.2, -0.15) is 0 Å². The lowest BCUT2D eigenvalue weighted by atomic mass is 10.5. The first-order chi connectivity index (χ1) is 6.89. The molecule has 0 atom stereocenters. The van der Waals surface area contributed by atoms with Crippen LogP contribution in [0.3, 0.4) is 0 Å². The summed E-state index contributed by atoms with van der Waals surface area (Å²) in [5.74, 6) is 0.264. The number of likely N-dealkylation sites (N-methyl/N-ethyl adjacent to an activating group) is 1. The Morgan fingerprint density at radius 1 is 1.27 bits per heavy atom. The van der Waals surface area contributed by atoms with E-state index in [0.29, 0.717) is 13.0 Å². The average Bonchev–Trinajstić information content (AvgIpc) is 2.11. The molecule has 0 heterocycles. The minimum absolute atomic E-state index is 0.0529. The highest BCUT2D eigenvalue weighted by Gasteiger charge is 2.09. The number of hydrogen-bond acceptors (Lipinski definition) is 4. The SMILES string of the molecule is CCCS(=O)(=O)CCNCC(=O)N(C)C. The largest absolute Gasteiger partial charge is 0.348 e. The Morgan fingerprint density at radius 3 is 2.33 bits per heavy atom. The van der Waals surface area contributed by atoms with E-state index in [9.17, 15) is 13.2 Å². The van der Waals surface area contributed by atoms with Crippen molar-refractivity contribution in [3.8, 4) is 0 Å². The third kappa shape index (κ3) is 7.33. The quantitative estimate of drug-likeness (QED) is 0.605. The fourth-order valence-corrected chi connectivity index (χ4v) is 2.28. The molecular formula is C9H20N2O3S. The van der Waals surface area contributed by atoms with Crippen LogP contribution in [-0.2, 0) is 14.6 Å². The Hall–Kier alpha value is -0.620. The van der Waals surface area contributed by atoms with Crippen LogP contribution in [0.1, 0.15) is 13.3 Å². The van der Waals surface area contributed by atoms with Crippen LogP contribution in [0.5, 0.6) is 0 Å². The predicted octanol–water partition coefficient (Wildman–Crippen LogP) is -0.511. The molecule has 0 aromatic heterocycles. The highest BCUT2D eigenvalue weighted by Crippen LogP contribution is 1.91. The maximum Gasteiger partial charge on any atom is 0.236 e. The zero-order valence-electron chi connectivity index (χ0n) is 9.62. The lowest BCUT2D eigenvalue weighted by molar-refractivity contribution is -0.127. The molecular weight excluding hydrogens is 216 g/mol. The van der Waals surface area contributed by atoms with Gasteiger partial charge in [-0.25, -0.2) is 8.42 Å². The van der Waals surface area contributed by atoms with E-state index in [2.05, 4.69) is 5.32 Å². The van der Waals surface area contributed by atoms with Crippen molar-refractivity contribution in [1.29, 1.82) is 0 Å². The number of sulfone groups is 1. The van der Waals surface area contributed by atoms with E-state index in [1.165, 1.54) is 4.90 Å². The van der Waals surface area contributed by atoms with Gasteiger partial charge in [0.25, 0.3) is 0 Å². The molecule has 0 saturated heterocycles. The summed E-state index contributed by atoms with van der Waals surface area (Å²) in [6.45, 7) is 2.36. The van der Waals surface area contributed by atoms with E-state index in [-0.39, 0.29) is 24.0 Å². The van der Waals surface area contributed by atoms with E-state index in [1.807, 2.05) is 6.92 Å². The second-order valence-corrected chi connectivity index (χ2v) is 5.92. The number of carbonyl (C=O) groups excluding carboxylic acids is 1. The van der Waals surface area contributed by atoms with Gasteiger partial charge >= 0.3 is 0 Å². The summed E-state index contributed by atoms with van der Waals surface area (Å²) in [6, 6.07) is 0. The van der Waals surface area contributed by atoms with Gasteiger partial charge < -0.3 is 10.2 Å². The van der Waals surface area contributed by atoms with Crippen molar-refractivity contribution >= 4 is 15.7 Å². The van der Waals surface area contributed by atoms with Gasteiger partial charge in [-0.15, -0.1) is 0 Å². The molecule has 0 radical (unpaired) electrons. The lowest BCUT2D eigenvalue weighted by Crippen LogP contribution is -2.35. The van der Waals surface area contributed by atoms with Gasteiger partial charge in [-0.1, -0.05) is 6.92 Å². The maximum absolute atomic E-state index is 11.3. The van der Waals surface area contributed by atoms with Crippen LogP contribution >= 0.6 is 0 Å². The first-order valence-corrected chi connectivity index (χ1v) is 6.82. The van der Waals surface area contributed by atoms with Crippen LogP contribution in [0.2, 0.25) is 0 Å².